The maximum Gasteiger partial charge on any atom is 0.119 e. The molecule has 0 fully saturated rings. The first kappa shape index (κ1) is 18.1. The van der Waals surface area contributed by atoms with E-state index in [0.29, 0.717) is 12.3 Å². The zero-order chi connectivity index (χ0) is 15.7. The third kappa shape index (κ3) is 8.19. The quantitative estimate of drug-likeness (QED) is 0.691. The van der Waals surface area contributed by atoms with Crippen molar-refractivity contribution < 1.29 is 14.1 Å². The van der Waals surface area contributed by atoms with Crippen LogP contribution in [0, 0.1) is 0 Å². The van der Waals surface area contributed by atoms with Gasteiger partial charge < -0.3 is 15.2 Å². The zero-order valence-corrected chi connectivity index (χ0v) is 14.0. The summed E-state index contributed by atoms with van der Waals surface area (Å²) in [5, 5.41) is 13.1. The van der Waals surface area contributed by atoms with Gasteiger partial charge in [0.2, 0.25) is 0 Å². The summed E-state index contributed by atoms with van der Waals surface area (Å²) in [5.41, 5.74) is 1.22. The Bertz CT molecular complexity index is 439. The maximum absolute atomic E-state index is 11.0. The van der Waals surface area contributed by atoms with Gasteiger partial charge in [0.15, 0.2) is 0 Å². The lowest BCUT2D eigenvalue weighted by molar-refractivity contribution is 0.104. The Kier molecular flexibility index (Phi) is 8.57. The van der Waals surface area contributed by atoms with Crippen LogP contribution >= 0.6 is 0 Å². The summed E-state index contributed by atoms with van der Waals surface area (Å²) in [5.74, 6) is 1.48. The van der Waals surface area contributed by atoms with Crippen LogP contribution in [0.5, 0.6) is 5.75 Å². The van der Waals surface area contributed by atoms with Gasteiger partial charge in [-0.3, -0.25) is 4.21 Å². The average Bonchev–Trinajstić information content (AvgIpc) is 2.49. The Balaban J connectivity index is 2.24. The summed E-state index contributed by atoms with van der Waals surface area (Å²) in [6, 6.07) is 8.17. The summed E-state index contributed by atoms with van der Waals surface area (Å²) in [7, 11) is -0.759. The molecule has 3 atom stereocenters. The van der Waals surface area contributed by atoms with Gasteiger partial charge in [-0.25, -0.2) is 0 Å². The molecule has 0 radical (unpaired) electrons. The molecular weight excluding hydrogens is 286 g/mol. The highest BCUT2D eigenvalue weighted by atomic mass is 32.2. The maximum atomic E-state index is 11.0. The van der Waals surface area contributed by atoms with Gasteiger partial charge in [-0.1, -0.05) is 19.1 Å². The SMILES string of the molecule is CCc1cccc(OCC(O)CNC(C)CCS(C)=O)c1. The molecule has 0 spiro atoms. The molecule has 2 N–H and O–H groups in total. The highest BCUT2D eigenvalue weighted by Crippen LogP contribution is 2.13. The molecule has 0 heterocycles. The van der Waals surface area contributed by atoms with E-state index in [0.717, 1.165) is 18.6 Å². The highest BCUT2D eigenvalue weighted by molar-refractivity contribution is 7.84. The number of aliphatic hydroxyl groups is 1. The predicted molar refractivity (Wildman–Crippen MR) is 88.3 cm³/mol. The van der Waals surface area contributed by atoms with Crippen molar-refractivity contribution in [2.75, 3.05) is 25.2 Å². The van der Waals surface area contributed by atoms with Crippen molar-refractivity contribution >= 4 is 10.8 Å². The standard InChI is InChI=1S/C16H27NO3S/c1-4-14-6-5-7-16(10-14)20-12-15(18)11-17-13(2)8-9-21(3)19/h5-7,10,13,15,17-18H,4,8-9,11-12H2,1-3H3. The van der Waals surface area contributed by atoms with Crippen LogP contribution in [-0.2, 0) is 17.2 Å². The number of ether oxygens (including phenoxy) is 1. The third-order valence-corrected chi connectivity index (χ3v) is 4.10. The Morgan fingerprint density at radius 3 is 2.86 bits per heavy atom. The van der Waals surface area contributed by atoms with E-state index in [2.05, 4.69) is 18.3 Å². The van der Waals surface area contributed by atoms with Gasteiger partial charge in [-0.15, -0.1) is 0 Å². The van der Waals surface area contributed by atoms with Crippen LogP contribution in [0.1, 0.15) is 25.8 Å². The average molecular weight is 313 g/mol. The van der Waals surface area contributed by atoms with Crippen LogP contribution < -0.4 is 10.1 Å². The lowest BCUT2D eigenvalue weighted by atomic mass is 10.2. The Morgan fingerprint density at radius 2 is 2.19 bits per heavy atom. The summed E-state index contributed by atoms with van der Waals surface area (Å²) in [6.07, 6.45) is 2.97. The van der Waals surface area contributed by atoms with Gasteiger partial charge >= 0.3 is 0 Å². The van der Waals surface area contributed by atoms with Crippen molar-refractivity contribution in [3.05, 3.63) is 29.8 Å². The van der Waals surface area contributed by atoms with E-state index < -0.39 is 16.9 Å². The van der Waals surface area contributed by atoms with Crippen LogP contribution in [0.25, 0.3) is 0 Å². The van der Waals surface area contributed by atoms with Crippen molar-refractivity contribution in [2.24, 2.45) is 0 Å². The largest absolute Gasteiger partial charge is 0.491 e. The first-order chi connectivity index (χ1) is 10.0. The molecule has 5 heteroatoms. The zero-order valence-electron chi connectivity index (χ0n) is 13.2. The Hall–Kier alpha value is -0.910. The first-order valence-electron chi connectivity index (χ1n) is 7.44. The van der Waals surface area contributed by atoms with Crippen LogP contribution in [0.3, 0.4) is 0 Å². The smallest absolute Gasteiger partial charge is 0.119 e. The highest BCUT2D eigenvalue weighted by Gasteiger charge is 2.08. The fourth-order valence-corrected chi connectivity index (χ4v) is 2.57. The Morgan fingerprint density at radius 1 is 1.43 bits per heavy atom. The molecule has 0 aliphatic carbocycles. The molecular formula is C16H27NO3S. The summed E-state index contributed by atoms with van der Waals surface area (Å²) < 4.78 is 16.6. The molecule has 0 aliphatic heterocycles. The molecule has 0 aliphatic rings. The van der Waals surface area contributed by atoms with Crippen molar-refractivity contribution in [2.45, 2.75) is 38.8 Å². The predicted octanol–water partition coefficient (Wildman–Crippen LogP) is 1.74. The lowest BCUT2D eigenvalue weighted by Crippen LogP contribution is -2.37. The molecule has 0 bridgehead atoms. The fraction of sp³-hybridized carbons (Fsp3) is 0.625. The van der Waals surface area contributed by atoms with Crippen LogP contribution in [0.2, 0.25) is 0 Å². The van der Waals surface area contributed by atoms with E-state index >= 15 is 0 Å². The molecule has 3 unspecified atom stereocenters. The molecule has 21 heavy (non-hydrogen) atoms. The van der Waals surface area contributed by atoms with E-state index in [1.807, 2.05) is 25.1 Å². The molecule has 0 amide bonds. The Labute approximate surface area is 130 Å². The second-order valence-corrected chi connectivity index (χ2v) is 6.90. The minimum Gasteiger partial charge on any atom is -0.491 e. The van der Waals surface area contributed by atoms with E-state index in [9.17, 15) is 9.32 Å². The van der Waals surface area contributed by atoms with Gasteiger partial charge in [0.25, 0.3) is 0 Å². The van der Waals surface area contributed by atoms with Crippen molar-refractivity contribution in [3.8, 4) is 5.75 Å². The van der Waals surface area contributed by atoms with Crippen molar-refractivity contribution in [1.29, 1.82) is 0 Å². The van der Waals surface area contributed by atoms with Gasteiger partial charge in [0.05, 0.1) is 0 Å². The normalized spacial score (nSPS) is 15.4. The first-order valence-corrected chi connectivity index (χ1v) is 9.17. The molecule has 0 aromatic heterocycles. The number of hydrogen-bond acceptors (Lipinski definition) is 4. The summed E-state index contributed by atoms with van der Waals surface area (Å²) in [6.45, 7) is 4.88. The number of aliphatic hydroxyl groups excluding tert-OH is 1. The molecule has 0 saturated heterocycles. The molecule has 0 saturated carbocycles. The minimum absolute atomic E-state index is 0.243. The van der Waals surface area contributed by atoms with Crippen LogP contribution in [0.15, 0.2) is 24.3 Å². The summed E-state index contributed by atoms with van der Waals surface area (Å²) >= 11 is 0. The van der Waals surface area contributed by atoms with E-state index in [4.69, 9.17) is 4.74 Å². The monoisotopic (exact) mass is 313 g/mol. The molecule has 1 aromatic carbocycles. The van der Waals surface area contributed by atoms with Gasteiger partial charge in [0.1, 0.15) is 18.5 Å². The number of aryl methyl sites for hydroxylation is 1. The number of rotatable bonds is 10. The van der Waals surface area contributed by atoms with E-state index in [1.54, 1.807) is 6.26 Å². The number of nitrogens with one attached hydrogen (secondary N) is 1. The van der Waals surface area contributed by atoms with Gasteiger partial charge in [-0.05, 0) is 37.5 Å². The van der Waals surface area contributed by atoms with Crippen molar-refractivity contribution in [1.82, 2.24) is 5.32 Å². The number of hydrogen-bond donors (Lipinski definition) is 2. The second kappa shape index (κ2) is 9.92. The molecule has 120 valence electrons. The number of benzene rings is 1. The van der Waals surface area contributed by atoms with E-state index in [-0.39, 0.29) is 12.6 Å². The topological polar surface area (TPSA) is 58.6 Å². The molecule has 4 nitrogen and oxygen atoms in total. The third-order valence-electron chi connectivity index (χ3n) is 3.29. The van der Waals surface area contributed by atoms with Crippen molar-refractivity contribution in [3.63, 3.8) is 0 Å². The van der Waals surface area contributed by atoms with E-state index in [1.165, 1.54) is 5.56 Å². The molecule has 1 rings (SSSR count). The fourth-order valence-electron chi connectivity index (χ4n) is 1.89. The van der Waals surface area contributed by atoms with Gasteiger partial charge in [-0.2, -0.15) is 0 Å². The van der Waals surface area contributed by atoms with Gasteiger partial charge in [0, 0.05) is 35.4 Å². The lowest BCUT2D eigenvalue weighted by Gasteiger charge is -2.17. The van der Waals surface area contributed by atoms with Crippen LogP contribution in [0.4, 0.5) is 0 Å². The second-order valence-electron chi connectivity index (χ2n) is 5.34. The minimum atomic E-state index is -0.759. The summed E-state index contributed by atoms with van der Waals surface area (Å²) in [4.78, 5) is 0. The van der Waals surface area contributed by atoms with Crippen LogP contribution in [-0.4, -0.2) is 46.6 Å². The molecule has 1 aromatic rings.